The van der Waals surface area contributed by atoms with Gasteiger partial charge in [-0.1, -0.05) is 17.7 Å². The van der Waals surface area contributed by atoms with Gasteiger partial charge in [-0.05, 0) is 26.8 Å². The summed E-state index contributed by atoms with van der Waals surface area (Å²) in [6.07, 6.45) is 1.83. The Morgan fingerprint density at radius 2 is 2.12 bits per heavy atom. The standard InChI is InChI=1S/C17H22F2N4OS/c1-4-20-17(23-10-15-21-8-12(3)25-15)22-9-13-7-11(2)5-6-14(13)24-16(18)19/h5-8,16H,4,9-10H2,1-3H3,(H2,20,22,23). The molecule has 0 aliphatic carbocycles. The molecular formula is C17H22F2N4OS. The van der Waals surface area contributed by atoms with Gasteiger partial charge in [-0.15, -0.1) is 11.3 Å². The number of hydrogen-bond donors (Lipinski definition) is 2. The van der Waals surface area contributed by atoms with Crippen LogP contribution in [0.15, 0.2) is 29.4 Å². The molecule has 0 bridgehead atoms. The molecule has 0 fully saturated rings. The number of ether oxygens (including phenoxy) is 1. The largest absolute Gasteiger partial charge is 0.434 e. The van der Waals surface area contributed by atoms with Crippen molar-refractivity contribution >= 4 is 17.3 Å². The van der Waals surface area contributed by atoms with Crippen molar-refractivity contribution in [1.82, 2.24) is 15.6 Å². The molecule has 0 unspecified atom stereocenters. The third-order valence-corrected chi connectivity index (χ3v) is 4.17. The SMILES string of the molecule is CCNC(=NCc1cc(C)ccc1OC(F)F)NCc1ncc(C)s1. The lowest BCUT2D eigenvalue weighted by molar-refractivity contribution is -0.0504. The molecule has 0 radical (unpaired) electrons. The van der Waals surface area contributed by atoms with Gasteiger partial charge in [0.05, 0.1) is 13.1 Å². The molecule has 8 heteroatoms. The molecule has 0 aliphatic rings. The summed E-state index contributed by atoms with van der Waals surface area (Å²) in [4.78, 5) is 9.90. The van der Waals surface area contributed by atoms with Crippen LogP contribution in [0.2, 0.25) is 0 Å². The van der Waals surface area contributed by atoms with Crippen LogP contribution < -0.4 is 15.4 Å². The number of guanidine groups is 1. The van der Waals surface area contributed by atoms with E-state index in [2.05, 4.69) is 25.3 Å². The van der Waals surface area contributed by atoms with Gasteiger partial charge in [-0.25, -0.2) is 9.98 Å². The summed E-state index contributed by atoms with van der Waals surface area (Å²) < 4.78 is 29.7. The second-order valence-corrected chi connectivity index (χ2v) is 6.72. The molecule has 0 amide bonds. The molecular weight excluding hydrogens is 346 g/mol. The molecule has 136 valence electrons. The fourth-order valence-electron chi connectivity index (χ4n) is 2.19. The number of aryl methyl sites for hydroxylation is 2. The lowest BCUT2D eigenvalue weighted by Gasteiger charge is -2.12. The van der Waals surface area contributed by atoms with E-state index in [0.717, 1.165) is 15.4 Å². The number of nitrogens with zero attached hydrogens (tertiary/aromatic N) is 2. The Morgan fingerprint density at radius 1 is 1.32 bits per heavy atom. The van der Waals surface area contributed by atoms with E-state index >= 15 is 0 Å². The highest BCUT2D eigenvalue weighted by Crippen LogP contribution is 2.23. The molecule has 1 aromatic carbocycles. The van der Waals surface area contributed by atoms with Crippen molar-refractivity contribution in [2.75, 3.05) is 6.54 Å². The number of alkyl halides is 2. The van der Waals surface area contributed by atoms with E-state index < -0.39 is 6.61 Å². The van der Waals surface area contributed by atoms with Crippen molar-refractivity contribution in [1.29, 1.82) is 0 Å². The zero-order valence-electron chi connectivity index (χ0n) is 14.5. The van der Waals surface area contributed by atoms with Crippen LogP contribution in [-0.2, 0) is 13.1 Å². The summed E-state index contributed by atoms with van der Waals surface area (Å²) in [6, 6.07) is 5.08. The molecule has 1 heterocycles. The van der Waals surface area contributed by atoms with Crippen LogP contribution >= 0.6 is 11.3 Å². The lowest BCUT2D eigenvalue weighted by Crippen LogP contribution is -2.36. The van der Waals surface area contributed by atoms with Gasteiger partial charge >= 0.3 is 6.61 Å². The molecule has 25 heavy (non-hydrogen) atoms. The van der Waals surface area contributed by atoms with Crippen LogP contribution in [0.4, 0.5) is 8.78 Å². The van der Waals surface area contributed by atoms with Gasteiger partial charge in [0.1, 0.15) is 10.8 Å². The number of halogens is 2. The average molecular weight is 368 g/mol. The topological polar surface area (TPSA) is 58.5 Å². The van der Waals surface area contributed by atoms with Crippen molar-refractivity contribution in [3.05, 3.63) is 45.4 Å². The highest BCUT2D eigenvalue weighted by molar-refractivity contribution is 7.11. The molecule has 2 rings (SSSR count). The maximum Gasteiger partial charge on any atom is 0.387 e. The normalized spacial score (nSPS) is 11.7. The third-order valence-electron chi connectivity index (χ3n) is 3.26. The molecule has 0 saturated carbocycles. The van der Waals surface area contributed by atoms with Gasteiger partial charge in [0.15, 0.2) is 5.96 Å². The minimum Gasteiger partial charge on any atom is -0.434 e. The maximum atomic E-state index is 12.5. The number of rotatable bonds is 7. The minimum absolute atomic E-state index is 0.149. The van der Waals surface area contributed by atoms with Crippen LogP contribution in [0.25, 0.3) is 0 Å². The van der Waals surface area contributed by atoms with E-state index in [1.54, 1.807) is 29.5 Å². The second kappa shape index (κ2) is 9.31. The van der Waals surface area contributed by atoms with Crippen molar-refractivity contribution < 1.29 is 13.5 Å². The van der Waals surface area contributed by atoms with Gasteiger partial charge in [0, 0.05) is 23.2 Å². The van der Waals surface area contributed by atoms with Crippen molar-refractivity contribution in [2.24, 2.45) is 4.99 Å². The van der Waals surface area contributed by atoms with E-state index in [4.69, 9.17) is 0 Å². The molecule has 2 aromatic rings. The minimum atomic E-state index is -2.86. The maximum absolute atomic E-state index is 12.5. The molecule has 0 saturated heterocycles. The van der Waals surface area contributed by atoms with Crippen LogP contribution in [0.3, 0.4) is 0 Å². The first-order valence-corrected chi connectivity index (χ1v) is 8.77. The summed E-state index contributed by atoms with van der Waals surface area (Å²) in [5.41, 5.74) is 1.57. The number of benzene rings is 1. The fourth-order valence-corrected chi connectivity index (χ4v) is 2.92. The second-order valence-electron chi connectivity index (χ2n) is 5.40. The van der Waals surface area contributed by atoms with Crippen LogP contribution in [0.1, 0.15) is 27.9 Å². The fraction of sp³-hybridized carbons (Fsp3) is 0.412. The summed E-state index contributed by atoms with van der Waals surface area (Å²) in [7, 11) is 0. The monoisotopic (exact) mass is 368 g/mol. The number of thiazole rings is 1. The molecule has 0 atom stereocenters. The van der Waals surface area contributed by atoms with Gasteiger partial charge in [0.2, 0.25) is 0 Å². The molecule has 2 N–H and O–H groups in total. The predicted octanol–water partition coefficient (Wildman–Crippen LogP) is 3.62. The Labute approximate surface area is 150 Å². The molecule has 0 aliphatic heterocycles. The van der Waals surface area contributed by atoms with Gasteiger partial charge < -0.3 is 15.4 Å². The van der Waals surface area contributed by atoms with E-state index in [9.17, 15) is 8.78 Å². The molecule has 1 aromatic heterocycles. The Kier molecular flexibility index (Phi) is 7.12. The number of aliphatic imine (C=N–C) groups is 1. The van der Waals surface area contributed by atoms with Crippen LogP contribution in [-0.4, -0.2) is 24.1 Å². The first-order chi connectivity index (χ1) is 12.0. The Bertz CT molecular complexity index is 718. The molecule has 5 nitrogen and oxygen atoms in total. The number of hydrogen-bond acceptors (Lipinski definition) is 4. The highest BCUT2D eigenvalue weighted by atomic mass is 32.1. The quantitative estimate of drug-likeness (QED) is 0.579. The zero-order valence-corrected chi connectivity index (χ0v) is 15.3. The first kappa shape index (κ1) is 19.1. The smallest absolute Gasteiger partial charge is 0.387 e. The molecule has 0 spiro atoms. The number of aromatic nitrogens is 1. The van der Waals surface area contributed by atoms with Gasteiger partial charge in [-0.3, -0.25) is 0 Å². The summed E-state index contributed by atoms with van der Waals surface area (Å²) in [6.45, 7) is 4.48. The van der Waals surface area contributed by atoms with Gasteiger partial charge in [-0.2, -0.15) is 8.78 Å². The van der Waals surface area contributed by atoms with E-state index in [-0.39, 0.29) is 12.3 Å². The Hall–Kier alpha value is -2.22. The number of nitrogens with one attached hydrogen (secondary N) is 2. The summed E-state index contributed by atoms with van der Waals surface area (Å²) in [5.74, 6) is 0.746. The van der Waals surface area contributed by atoms with Crippen molar-refractivity contribution in [2.45, 2.75) is 40.5 Å². The van der Waals surface area contributed by atoms with E-state index in [1.807, 2.05) is 27.0 Å². The van der Waals surface area contributed by atoms with Gasteiger partial charge in [0.25, 0.3) is 0 Å². The van der Waals surface area contributed by atoms with Crippen molar-refractivity contribution in [3.63, 3.8) is 0 Å². The highest BCUT2D eigenvalue weighted by Gasteiger charge is 2.10. The summed E-state index contributed by atoms with van der Waals surface area (Å²) >= 11 is 1.61. The first-order valence-electron chi connectivity index (χ1n) is 7.95. The van der Waals surface area contributed by atoms with E-state index in [0.29, 0.717) is 24.6 Å². The Morgan fingerprint density at radius 3 is 2.76 bits per heavy atom. The Balaban J connectivity index is 2.08. The average Bonchev–Trinajstić information content (AvgIpc) is 2.97. The summed E-state index contributed by atoms with van der Waals surface area (Å²) in [5, 5.41) is 7.28. The third kappa shape index (κ3) is 6.30. The lowest BCUT2D eigenvalue weighted by atomic mass is 10.1. The van der Waals surface area contributed by atoms with Crippen molar-refractivity contribution in [3.8, 4) is 5.75 Å². The predicted molar refractivity (Wildman–Crippen MR) is 96.3 cm³/mol. The van der Waals surface area contributed by atoms with Crippen LogP contribution in [0.5, 0.6) is 5.75 Å². The van der Waals surface area contributed by atoms with Crippen LogP contribution in [0, 0.1) is 13.8 Å². The van der Waals surface area contributed by atoms with E-state index in [1.165, 1.54) is 0 Å². The zero-order chi connectivity index (χ0) is 18.2.